The van der Waals surface area contributed by atoms with Crippen molar-refractivity contribution in [2.24, 2.45) is 0 Å². The molecule has 0 aliphatic rings. The van der Waals surface area contributed by atoms with E-state index in [0.717, 1.165) is 11.4 Å². The molecular formula is C21H21N. The van der Waals surface area contributed by atoms with Crippen LogP contribution < -0.4 is 5.32 Å². The average molecular weight is 287 g/mol. The topological polar surface area (TPSA) is 12.0 Å². The molecule has 0 heterocycles. The van der Waals surface area contributed by atoms with Gasteiger partial charge in [-0.2, -0.15) is 0 Å². The molecule has 110 valence electrons. The molecule has 0 fully saturated rings. The smallest absolute Gasteiger partial charge is 0.0414 e. The molecule has 0 aliphatic heterocycles. The number of rotatable bonds is 3. The highest BCUT2D eigenvalue weighted by Crippen LogP contribution is 2.25. The Hall–Kier alpha value is -2.54. The Morgan fingerprint density at radius 2 is 1.14 bits per heavy atom. The van der Waals surface area contributed by atoms with E-state index in [0.29, 0.717) is 0 Å². The van der Waals surface area contributed by atoms with Crippen molar-refractivity contribution in [3.8, 4) is 11.1 Å². The molecule has 1 N–H and O–H groups in total. The predicted octanol–water partition coefficient (Wildman–Crippen LogP) is 6.02. The lowest BCUT2D eigenvalue weighted by Crippen LogP contribution is -1.93. The number of benzene rings is 3. The zero-order chi connectivity index (χ0) is 15.5. The van der Waals surface area contributed by atoms with E-state index in [-0.39, 0.29) is 0 Å². The Bertz CT molecular complexity index is 768. The first kappa shape index (κ1) is 14.4. The van der Waals surface area contributed by atoms with Crippen LogP contribution in [0.25, 0.3) is 11.1 Å². The van der Waals surface area contributed by atoms with Crippen LogP contribution in [0.4, 0.5) is 11.4 Å². The summed E-state index contributed by atoms with van der Waals surface area (Å²) < 4.78 is 0. The SMILES string of the molecule is Cc1ccc(-c2ccc(Nc3ccc(C)cc3C)cc2)cc1. The van der Waals surface area contributed by atoms with Gasteiger partial charge < -0.3 is 5.32 Å². The quantitative estimate of drug-likeness (QED) is 0.621. The summed E-state index contributed by atoms with van der Waals surface area (Å²) in [5, 5.41) is 3.49. The van der Waals surface area contributed by atoms with Crippen molar-refractivity contribution in [2.45, 2.75) is 20.8 Å². The zero-order valence-electron chi connectivity index (χ0n) is 13.4. The van der Waals surface area contributed by atoms with Gasteiger partial charge in [0.15, 0.2) is 0 Å². The van der Waals surface area contributed by atoms with Gasteiger partial charge in [-0.1, -0.05) is 59.7 Å². The lowest BCUT2D eigenvalue weighted by Gasteiger charge is -2.11. The maximum Gasteiger partial charge on any atom is 0.0414 e. The summed E-state index contributed by atoms with van der Waals surface area (Å²) in [6.45, 7) is 6.36. The maximum absolute atomic E-state index is 3.49. The van der Waals surface area contributed by atoms with E-state index in [1.165, 1.54) is 27.8 Å². The third-order valence-corrected chi connectivity index (χ3v) is 3.93. The number of anilines is 2. The molecule has 3 aromatic carbocycles. The fourth-order valence-corrected chi connectivity index (χ4v) is 2.60. The number of hydrogen-bond acceptors (Lipinski definition) is 1. The van der Waals surface area contributed by atoms with E-state index in [1.54, 1.807) is 0 Å². The Kier molecular flexibility index (Phi) is 3.97. The lowest BCUT2D eigenvalue weighted by atomic mass is 10.0. The van der Waals surface area contributed by atoms with Crippen molar-refractivity contribution in [2.75, 3.05) is 5.32 Å². The molecule has 3 rings (SSSR count). The molecule has 1 heteroatoms. The van der Waals surface area contributed by atoms with Crippen LogP contribution in [0.5, 0.6) is 0 Å². The van der Waals surface area contributed by atoms with Gasteiger partial charge in [0.05, 0.1) is 0 Å². The van der Waals surface area contributed by atoms with Gasteiger partial charge in [-0.05, 0) is 55.7 Å². The highest BCUT2D eigenvalue weighted by molar-refractivity contribution is 5.69. The van der Waals surface area contributed by atoms with Gasteiger partial charge in [-0.15, -0.1) is 0 Å². The van der Waals surface area contributed by atoms with E-state index in [1.807, 2.05) is 0 Å². The maximum atomic E-state index is 3.49. The summed E-state index contributed by atoms with van der Waals surface area (Å²) in [5.41, 5.74) is 8.61. The first-order valence-electron chi connectivity index (χ1n) is 7.63. The summed E-state index contributed by atoms with van der Waals surface area (Å²) >= 11 is 0. The minimum absolute atomic E-state index is 1.11. The third-order valence-electron chi connectivity index (χ3n) is 3.93. The van der Waals surface area contributed by atoms with E-state index < -0.39 is 0 Å². The van der Waals surface area contributed by atoms with Crippen LogP contribution in [0.1, 0.15) is 16.7 Å². The highest BCUT2D eigenvalue weighted by Gasteiger charge is 2.01. The van der Waals surface area contributed by atoms with Crippen LogP contribution in [0.2, 0.25) is 0 Å². The molecule has 0 unspecified atom stereocenters. The van der Waals surface area contributed by atoms with E-state index in [9.17, 15) is 0 Å². The monoisotopic (exact) mass is 287 g/mol. The number of hydrogen-bond donors (Lipinski definition) is 1. The van der Waals surface area contributed by atoms with Crippen molar-refractivity contribution >= 4 is 11.4 Å². The molecule has 0 bridgehead atoms. The van der Waals surface area contributed by atoms with Crippen molar-refractivity contribution in [1.29, 1.82) is 0 Å². The summed E-state index contributed by atoms with van der Waals surface area (Å²) in [7, 11) is 0. The molecular weight excluding hydrogens is 266 g/mol. The van der Waals surface area contributed by atoms with E-state index in [4.69, 9.17) is 0 Å². The average Bonchev–Trinajstić information content (AvgIpc) is 2.52. The zero-order valence-corrected chi connectivity index (χ0v) is 13.4. The molecule has 0 radical (unpaired) electrons. The summed E-state index contributed by atoms with van der Waals surface area (Å²) in [6.07, 6.45) is 0. The van der Waals surface area contributed by atoms with E-state index in [2.05, 4.69) is 92.8 Å². The van der Waals surface area contributed by atoms with Crippen LogP contribution in [-0.2, 0) is 0 Å². The fourth-order valence-electron chi connectivity index (χ4n) is 2.60. The molecule has 1 nitrogen and oxygen atoms in total. The predicted molar refractivity (Wildman–Crippen MR) is 95.8 cm³/mol. The Balaban J connectivity index is 1.80. The van der Waals surface area contributed by atoms with E-state index >= 15 is 0 Å². The van der Waals surface area contributed by atoms with Crippen LogP contribution in [-0.4, -0.2) is 0 Å². The van der Waals surface area contributed by atoms with Crippen molar-refractivity contribution < 1.29 is 0 Å². The first-order valence-corrected chi connectivity index (χ1v) is 7.63. The molecule has 0 amide bonds. The van der Waals surface area contributed by atoms with Gasteiger partial charge in [-0.3, -0.25) is 0 Å². The third kappa shape index (κ3) is 3.20. The van der Waals surface area contributed by atoms with Crippen LogP contribution in [0.15, 0.2) is 66.7 Å². The minimum Gasteiger partial charge on any atom is -0.355 e. The molecule has 0 saturated carbocycles. The standard InChI is InChI=1S/C21H21N/c1-15-4-7-18(8-5-15)19-9-11-20(12-10-19)22-21-13-6-16(2)14-17(21)3/h4-14,22H,1-3H3. The Morgan fingerprint density at radius 3 is 1.73 bits per heavy atom. The number of nitrogens with one attached hydrogen (secondary N) is 1. The van der Waals surface area contributed by atoms with Crippen molar-refractivity contribution in [1.82, 2.24) is 0 Å². The van der Waals surface area contributed by atoms with Crippen LogP contribution in [0, 0.1) is 20.8 Å². The molecule has 3 aromatic rings. The lowest BCUT2D eigenvalue weighted by molar-refractivity contribution is 1.37. The largest absolute Gasteiger partial charge is 0.355 e. The van der Waals surface area contributed by atoms with Crippen LogP contribution >= 0.6 is 0 Å². The van der Waals surface area contributed by atoms with Gasteiger partial charge >= 0.3 is 0 Å². The minimum atomic E-state index is 1.11. The fraction of sp³-hybridized carbons (Fsp3) is 0.143. The second kappa shape index (κ2) is 6.07. The van der Waals surface area contributed by atoms with Gasteiger partial charge in [0.2, 0.25) is 0 Å². The van der Waals surface area contributed by atoms with Crippen molar-refractivity contribution in [3.05, 3.63) is 83.4 Å². The van der Waals surface area contributed by atoms with Gasteiger partial charge in [0, 0.05) is 11.4 Å². The molecule has 0 saturated heterocycles. The molecule has 0 spiro atoms. The highest BCUT2D eigenvalue weighted by atomic mass is 14.9. The van der Waals surface area contributed by atoms with Crippen LogP contribution in [0.3, 0.4) is 0 Å². The van der Waals surface area contributed by atoms with Crippen molar-refractivity contribution in [3.63, 3.8) is 0 Å². The summed E-state index contributed by atoms with van der Waals surface area (Å²) in [4.78, 5) is 0. The Morgan fingerprint density at radius 1 is 0.591 bits per heavy atom. The second-order valence-corrected chi connectivity index (χ2v) is 5.89. The summed E-state index contributed by atoms with van der Waals surface area (Å²) in [6, 6.07) is 23.7. The summed E-state index contributed by atoms with van der Waals surface area (Å²) in [5.74, 6) is 0. The Labute approximate surface area is 132 Å². The molecule has 0 aromatic heterocycles. The molecule has 0 aliphatic carbocycles. The normalized spacial score (nSPS) is 10.5. The van der Waals surface area contributed by atoms with Gasteiger partial charge in [0.25, 0.3) is 0 Å². The molecule has 22 heavy (non-hydrogen) atoms. The van der Waals surface area contributed by atoms with Gasteiger partial charge in [0.1, 0.15) is 0 Å². The first-order chi connectivity index (χ1) is 10.6. The number of aryl methyl sites for hydroxylation is 3. The van der Waals surface area contributed by atoms with Gasteiger partial charge in [-0.25, -0.2) is 0 Å². The second-order valence-electron chi connectivity index (χ2n) is 5.89. The molecule has 0 atom stereocenters.